The predicted octanol–water partition coefficient (Wildman–Crippen LogP) is 4.35. The molecule has 0 aliphatic carbocycles. The van der Waals surface area contributed by atoms with Crippen LogP contribution in [0.4, 0.5) is 0 Å². The molecular weight excluding hydrogens is 260 g/mol. The quantitative estimate of drug-likeness (QED) is 0.491. The lowest BCUT2D eigenvalue weighted by Gasteiger charge is -2.26. The summed E-state index contributed by atoms with van der Waals surface area (Å²) in [6.07, 6.45) is 3.03. The van der Waals surface area contributed by atoms with Gasteiger partial charge in [0.05, 0.1) is 12.7 Å². The molecule has 5 heteroatoms. The van der Waals surface area contributed by atoms with Gasteiger partial charge in [0.15, 0.2) is 8.32 Å². The molecule has 0 N–H and O–H groups in total. The zero-order valence-corrected chi connectivity index (χ0v) is 15.3. The van der Waals surface area contributed by atoms with Crippen LogP contribution < -0.4 is 0 Å². The lowest BCUT2D eigenvalue weighted by Crippen LogP contribution is -2.32. The predicted molar refractivity (Wildman–Crippen MR) is 82.7 cm³/mol. The van der Waals surface area contributed by atoms with Crippen LogP contribution in [0.25, 0.3) is 0 Å². The summed E-state index contributed by atoms with van der Waals surface area (Å²) >= 11 is 0. The van der Waals surface area contributed by atoms with Crippen LogP contribution in [0.3, 0.4) is 0 Å². The van der Waals surface area contributed by atoms with Crippen molar-refractivity contribution < 1.29 is 13.6 Å². The molecule has 0 aromatic heterocycles. The lowest BCUT2D eigenvalue weighted by atomic mass is 10.3. The molecule has 0 heterocycles. The Hall–Kier alpha value is -0.266. The molecule has 0 radical (unpaired) electrons. The van der Waals surface area contributed by atoms with Gasteiger partial charge in [-0.3, -0.25) is 0 Å². The van der Waals surface area contributed by atoms with E-state index in [4.69, 9.17) is 13.6 Å². The van der Waals surface area contributed by atoms with E-state index in [1.165, 1.54) is 0 Å². The summed E-state index contributed by atoms with van der Waals surface area (Å²) in [5.41, 5.74) is 0. The standard InChI is InChI=1S/C13H30O3Si2/c1-9-12(15-17(3,4)5)11-13(14-10-2)16-18(6,7)8/h11-12H,9-10H2,1-8H3/b13-11+. The van der Waals surface area contributed by atoms with Gasteiger partial charge >= 0.3 is 0 Å². The van der Waals surface area contributed by atoms with Crippen LogP contribution in [0.2, 0.25) is 39.3 Å². The molecule has 0 spiro atoms. The second-order valence-electron chi connectivity index (χ2n) is 6.31. The van der Waals surface area contributed by atoms with Crippen LogP contribution in [-0.2, 0) is 13.6 Å². The highest BCUT2D eigenvalue weighted by Crippen LogP contribution is 2.17. The van der Waals surface area contributed by atoms with Gasteiger partial charge in [0, 0.05) is 6.08 Å². The normalized spacial score (nSPS) is 15.4. The third-order valence-electron chi connectivity index (χ3n) is 1.92. The molecule has 108 valence electrons. The molecule has 0 rings (SSSR count). The Balaban J connectivity index is 4.78. The zero-order chi connectivity index (χ0) is 14.4. The van der Waals surface area contributed by atoms with E-state index in [1.54, 1.807) is 0 Å². The maximum absolute atomic E-state index is 6.10. The maximum Gasteiger partial charge on any atom is 0.263 e. The first-order valence-corrected chi connectivity index (χ1v) is 13.6. The SMILES string of the molecule is CCO/C(=C\C(CC)O[Si](C)(C)C)O[Si](C)(C)C. The van der Waals surface area contributed by atoms with Crippen LogP contribution in [0, 0.1) is 0 Å². The molecule has 3 nitrogen and oxygen atoms in total. The summed E-state index contributed by atoms with van der Waals surface area (Å²) in [5, 5.41) is 0. The van der Waals surface area contributed by atoms with Crippen LogP contribution in [0.15, 0.2) is 12.0 Å². The van der Waals surface area contributed by atoms with E-state index in [9.17, 15) is 0 Å². The highest BCUT2D eigenvalue weighted by atomic mass is 28.4. The van der Waals surface area contributed by atoms with Gasteiger partial charge in [-0.2, -0.15) is 0 Å². The minimum Gasteiger partial charge on any atom is -0.520 e. The topological polar surface area (TPSA) is 27.7 Å². The summed E-state index contributed by atoms with van der Waals surface area (Å²) in [6, 6.07) is 0. The number of rotatable bonds is 8. The minimum absolute atomic E-state index is 0.0922. The van der Waals surface area contributed by atoms with Gasteiger partial charge in [-0.05, 0) is 52.6 Å². The van der Waals surface area contributed by atoms with Gasteiger partial charge in [0.1, 0.15) is 0 Å². The number of hydrogen-bond donors (Lipinski definition) is 0. The highest BCUT2D eigenvalue weighted by molar-refractivity contribution is 6.70. The van der Waals surface area contributed by atoms with E-state index in [2.05, 4.69) is 46.2 Å². The van der Waals surface area contributed by atoms with Gasteiger partial charge in [0.2, 0.25) is 8.32 Å². The second-order valence-corrected chi connectivity index (χ2v) is 15.2. The first-order valence-electron chi connectivity index (χ1n) is 6.79. The van der Waals surface area contributed by atoms with Crippen molar-refractivity contribution in [1.82, 2.24) is 0 Å². The van der Waals surface area contributed by atoms with Gasteiger partial charge in [-0.1, -0.05) is 6.92 Å². The van der Waals surface area contributed by atoms with Crippen LogP contribution in [-0.4, -0.2) is 29.3 Å². The summed E-state index contributed by atoms with van der Waals surface area (Å²) < 4.78 is 17.6. The average molecular weight is 291 g/mol. The molecule has 1 unspecified atom stereocenters. The second kappa shape index (κ2) is 7.35. The molecule has 0 saturated carbocycles. The Labute approximate surface area is 115 Å². The molecule has 0 amide bonds. The molecule has 0 saturated heterocycles. The van der Waals surface area contributed by atoms with Crippen LogP contribution in [0.1, 0.15) is 20.3 Å². The van der Waals surface area contributed by atoms with Gasteiger partial charge in [0.25, 0.3) is 5.95 Å². The number of ether oxygens (including phenoxy) is 1. The summed E-state index contributed by atoms with van der Waals surface area (Å²) in [6.45, 7) is 17.8. The third kappa shape index (κ3) is 9.73. The van der Waals surface area contributed by atoms with E-state index < -0.39 is 16.6 Å². The van der Waals surface area contributed by atoms with E-state index in [0.29, 0.717) is 12.6 Å². The van der Waals surface area contributed by atoms with E-state index in [1.807, 2.05) is 13.0 Å². The van der Waals surface area contributed by atoms with Crippen molar-refractivity contribution in [3.8, 4) is 0 Å². The Bertz CT molecular complexity index is 264. The van der Waals surface area contributed by atoms with Gasteiger partial charge < -0.3 is 13.6 Å². The fourth-order valence-electron chi connectivity index (χ4n) is 1.40. The van der Waals surface area contributed by atoms with Crippen LogP contribution >= 0.6 is 0 Å². The molecular formula is C13H30O3Si2. The molecule has 0 aliphatic rings. The molecule has 18 heavy (non-hydrogen) atoms. The Morgan fingerprint density at radius 3 is 1.89 bits per heavy atom. The average Bonchev–Trinajstić information content (AvgIpc) is 2.12. The smallest absolute Gasteiger partial charge is 0.263 e. The van der Waals surface area contributed by atoms with E-state index in [-0.39, 0.29) is 6.10 Å². The molecule has 0 aliphatic heterocycles. The van der Waals surface area contributed by atoms with Gasteiger partial charge in [-0.15, -0.1) is 0 Å². The molecule has 1 atom stereocenters. The van der Waals surface area contributed by atoms with Crippen molar-refractivity contribution in [3.63, 3.8) is 0 Å². The largest absolute Gasteiger partial charge is 0.520 e. The highest BCUT2D eigenvalue weighted by Gasteiger charge is 2.22. The van der Waals surface area contributed by atoms with Crippen molar-refractivity contribution in [2.75, 3.05) is 6.61 Å². The first kappa shape index (κ1) is 17.7. The van der Waals surface area contributed by atoms with Crippen LogP contribution in [0.5, 0.6) is 0 Å². The zero-order valence-electron chi connectivity index (χ0n) is 13.3. The van der Waals surface area contributed by atoms with Gasteiger partial charge in [-0.25, -0.2) is 0 Å². The van der Waals surface area contributed by atoms with Crippen molar-refractivity contribution in [2.45, 2.75) is 65.7 Å². The molecule has 0 bridgehead atoms. The fourth-order valence-corrected chi connectivity index (χ4v) is 3.27. The molecule has 0 fully saturated rings. The lowest BCUT2D eigenvalue weighted by molar-refractivity contribution is 0.103. The fraction of sp³-hybridized carbons (Fsp3) is 0.846. The van der Waals surface area contributed by atoms with E-state index >= 15 is 0 Å². The Morgan fingerprint density at radius 2 is 1.56 bits per heavy atom. The van der Waals surface area contributed by atoms with E-state index in [0.717, 1.165) is 6.42 Å². The number of hydrogen-bond acceptors (Lipinski definition) is 3. The van der Waals surface area contributed by atoms with Crippen molar-refractivity contribution >= 4 is 16.6 Å². The minimum atomic E-state index is -1.63. The monoisotopic (exact) mass is 290 g/mol. The first-order chi connectivity index (χ1) is 8.07. The Kier molecular flexibility index (Phi) is 7.25. The Morgan fingerprint density at radius 1 is 1.00 bits per heavy atom. The molecule has 0 aromatic carbocycles. The van der Waals surface area contributed by atoms with Crippen molar-refractivity contribution in [2.24, 2.45) is 0 Å². The summed E-state index contributed by atoms with van der Waals surface area (Å²) in [4.78, 5) is 0. The van der Waals surface area contributed by atoms with Crippen molar-refractivity contribution in [1.29, 1.82) is 0 Å². The molecule has 0 aromatic rings. The maximum atomic E-state index is 6.10. The summed E-state index contributed by atoms with van der Waals surface area (Å²) in [7, 11) is -3.17. The summed E-state index contributed by atoms with van der Waals surface area (Å²) in [5.74, 6) is 0.641. The van der Waals surface area contributed by atoms with Crippen molar-refractivity contribution in [3.05, 3.63) is 12.0 Å². The third-order valence-corrected chi connectivity index (χ3v) is 3.75.